The van der Waals surface area contributed by atoms with Crippen LogP contribution >= 0.6 is 0 Å². The first-order valence-corrected chi connectivity index (χ1v) is 13.3. The molecule has 0 aromatic carbocycles. The fourth-order valence-electron chi connectivity index (χ4n) is 6.58. The number of anilines is 1. The minimum absolute atomic E-state index is 0.146. The Morgan fingerprint density at radius 2 is 1.48 bits per heavy atom. The van der Waals surface area contributed by atoms with Crippen LogP contribution in [0, 0.1) is 5.92 Å². The Balaban J connectivity index is 1.10. The number of carbonyl (C=O) groups excluding carboxylic acids is 1. The average Bonchev–Trinajstić information content (AvgIpc) is 3.10. The number of hydrogen-bond donors (Lipinski definition) is 0. The van der Waals surface area contributed by atoms with Gasteiger partial charge >= 0.3 is 0 Å². The Morgan fingerprint density at radius 1 is 0.909 bits per heavy atom. The molecular weight excluding hydrogens is 412 g/mol. The first-order chi connectivity index (χ1) is 16.0. The van der Waals surface area contributed by atoms with E-state index >= 15 is 0 Å². The maximum Gasteiger partial charge on any atom is 0.225 e. The Morgan fingerprint density at radius 3 is 2.06 bits per heavy atom. The van der Waals surface area contributed by atoms with Crippen LogP contribution in [-0.4, -0.2) is 101 Å². The van der Waals surface area contributed by atoms with E-state index in [1.54, 1.807) is 0 Å². The molecule has 1 aromatic rings. The summed E-state index contributed by atoms with van der Waals surface area (Å²) in [6.45, 7) is 11.2. The molecule has 3 aliphatic heterocycles. The maximum atomic E-state index is 12.1. The number of carbonyl (C=O) groups is 1. The molecule has 33 heavy (non-hydrogen) atoms. The van der Waals surface area contributed by atoms with Crippen LogP contribution in [0.1, 0.15) is 63.9 Å². The van der Waals surface area contributed by atoms with Crippen LogP contribution < -0.4 is 4.90 Å². The number of ketones is 1. The Bertz CT molecular complexity index is 784. The molecular formula is C26H42N6O. The molecule has 7 nitrogen and oxygen atoms in total. The zero-order chi connectivity index (χ0) is 22.9. The third kappa shape index (κ3) is 5.10. The van der Waals surface area contributed by atoms with Crippen molar-refractivity contribution in [2.75, 3.05) is 57.8 Å². The van der Waals surface area contributed by atoms with Crippen molar-refractivity contribution >= 4 is 11.7 Å². The minimum atomic E-state index is 0.146. The monoisotopic (exact) mass is 454 g/mol. The van der Waals surface area contributed by atoms with Crippen LogP contribution in [-0.2, 0) is 4.79 Å². The third-order valence-corrected chi connectivity index (χ3v) is 8.67. The second-order valence-electron chi connectivity index (χ2n) is 11.3. The van der Waals surface area contributed by atoms with Gasteiger partial charge < -0.3 is 9.80 Å². The SMILES string of the molecule is CC(C)C(=O)CN1CCN([C@H]2CC[C@@H](c3cnc(N4C5CCC4CN(C)C5)nc3)CC2)CC1. The van der Waals surface area contributed by atoms with Crippen LogP contribution in [0.15, 0.2) is 12.4 Å². The van der Waals surface area contributed by atoms with E-state index in [-0.39, 0.29) is 5.92 Å². The lowest BCUT2D eigenvalue weighted by Gasteiger charge is -2.42. The van der Waals surface area contributed by atoms with Crippen LogP contribution in [0.3, 0.4) is 0 Å². The summed E-state index contributed by atoms with van der Waals surface area (Å²) in [6, 6.07) is 1.86. The van der Waals surface area contributed by atoms with E-state index in [9.17, 15) is 4.79 Å². The van der Waals surface area contributed by atoms with Gasteiger partial charge in [-0.2, -0.15) is 0 Å². The number of aromatic nitrogens is 2. The molecule has 2 atom stereocenters. The molecule has 1 aliphatic carbocycles. The summed E-state index contributed by atoms with van der Waals surface area (Å²) in [6.07, 6.45) is 11.8. The van der Waals surface area contributed by atoms with E-state index in [0.29, 0.717) is 36.4 Å². The van der Waals surface area contributed by atoms with Gasteiger partial charge in [0.2, 0.25) is 5.95 Å². The number of fused-ring (bicyclic) bond motifs is 2. The Labute approximate surface area is 199 Å². The summed E-state index contributed by atoms with van der Waals surface area (Å²) >= 11 is 0. The number of piperazine rings is 2. The van der Waals surface area contributed by atoms with Gasteiger partial charge in [0.05, 0.1) is 6.54 Å². The average molecular weight is 455 g/mol. The molecule has 182 valence electrons. The van der Waals surface area contributed by atoms with E-state index < -0.39 is 0 Å². The smallest absolute Gasteiger partial charge is 0.225 e. The molecule has 0 amide bonds. The predicted molar refractivity (Wildman–Crippen MR) is 132 cm³/mol. The lowest BCUT2D eigenvalue weighted by molar-refractivity contribution is -0.123. The van der Waals surface area contributed by atoms with Gasteiger partial charge in [0.15, 0.2) is 0 Å². The van der Waals surface area contributed by atoms with Crippen molar-refractivity contribution in [3.63, 3.8) is 0 Å². The number of hydrogen-bond acceptors (Lipinski definition) is 7. The van der Waals surface area contributed by atoms with Gasteiger partial charge in [-0.15, -0.1) is 0 Å². The second-order valence-corrected chi connectivity index (χ2v) is 11.3. The quantitative estimate of drug-likeness (QED) is 0.655. The molecule has 0 N–H and O–H groups in total. The van der Waals surface area contributed by atoms with Gasteiger partial charge in [0, 0.05) is 75.7 Å². The van der Waals surface area contributed by atoms with Gasteiger partial charge in [0.25, 0.3) is 0 Å². The molecule has 1 saturated carbocycles. The minimum Gasteiger partial charge on any atom is -0.332 e. The van der Waals surface area contributed by atoms with Gasteiger partial charge in [-0.1, -0.05) is 13.8 Å². The highest BCUT2D eigenvalue weighted by molar-refractivity contribution is 5.82. The van der Waals surface area contributed by atoms with Crippen molar-refractivity contribution < 1.29 is 4.79 Å². The van der Waals surface area contributed by atoms with Gasteiger partial charge in [-0.3, -0.25) is 14.6 Å². The number of likely N-dealkylation sites (N-methyl/N-ethyl adjacent to an activating group) is 1. The Hall–Kier alpha value is -1.57. The summed E-state index contributed by atoms with van der Waals surface area (Å²) in [4.78, 5) is 31.7. The highest BCUT2D eigenvalue weighted by Gasteiger charge is 2.40. The number of rotatable bonds is 6. The fraction of sp³-hybridized carbons (Fsp3) is 0.808. The predicted octanol–water partition coefficient (Wildman–Crippen LogP) is 2.63. The summed E-state index contributed by atoms with van der Waals surface area (Å²) in [5.41, 5.74) is 1.33. The summed E-state index contributed by atoms with van der Waals surface area (Å²) in [5.74, 6) is 2.07. The van der Waals surface area contributed by atoms with Gasteiger partial charge in [0.1, 0.15) is 5.78 Å². The van der Waals surface area contributed by atoms with E-state index in [0.717, 1.165) is 45.2 Å². The Kier molecular flexibility index (Phi) is 7.00. The van der Waals surface area contributed by atoms with Crippen molar-refractivity contribution in [3.05, 3.63) is 18.0 Å². The molecule has 7 heteroatoms. The highest BCUT2D eigenvalue weighted by Crippen LogP contribution is 2.36. The molecule has 5 rings (SSSR count). The summed E-state index contributed by atoms with van der Waals surface area (Å²) in [7, 11) is 2.23. The third-order valence-electron chi connectivity index (χ3n) is 8.67. The van der Waals surface area contributed by atoms with E-state index in [4.69, 9.17) is 9.97 Å². The van der Waals surface area contributed by atoms with Crippen LogP contribution in [0.2, 0.25) is 0 Å². The topological polar surface area (TPSA) is 55.8 Å². The van der Waals surface area contributed by atoms with E-state index in [2.05, 4.69) is 39.0 Å². The van der Waals surface area contributed by atoms with E-state index in [1.807, 2.05) is 13.8 Å². The number of likely N-dealkylation sites (tertiary alicyclic amines) is 1. The van der Waals surface area contributed by atoms with E-state index in [1.165, 1.54) is 44.1 Å². The first-order valence-electron chi connectivity index (χ1n) is 13.3. The largest absolute Gasteiger partial charge is 0.332 e. The normalized spacial score (nSPS) is 31.9. The maximum absolute atomic E-state index is 12.1. The van der Waals surface area contributed by atoms with Crippen molar-refractivity contribution in [2.45, 2.75) is 76.4 Å². The van der Waals surface area contributed by atoms with Crippen LogP contribution in [0.25, 0.3) is 0 Å². The second kappa shape index (κ2) is 9.96. The zero-order valence-corrected chi connectivity index (χ0v) is 20.8. The lowest BCUT2D eigenvalue weighted by Crippen LogP contribution is -2.53. The molecule has 4 heterocycles. The molecule has 4 aliphatic rings. The van der Waals surface area contributed by atoms with Crippen LogP contribution in [0.5, 0.6) is 0 Å². The zero-order valence-electron chi connectivity index (χ0n) is 20.8. The van der Waals surface area contributed by atoms with Gasteiger partial charge in [-0.05, 0) is 57.1 Å². The lowest BCUT2D eigenvalue weighted by atomic mass is 9.82. The summed E-state index contributed by atoms with van der Waals surface area (Å²) < 4.78 is 0. The number of Topliss-reactive ketones (excluding diaryl/α,β-unsaturated/α-hetero) is 1. The summed E-state index contributed by atoms with van der Waals surface area (Å²) in [5, 5.41) is 0. The molecule has 1 aromatic heterocycles. The van der Waals surface area contributed by atoms with Crippen molar-refractivity contribution in [1.82, 2.24) is 24.7 Å². The molecule has 2 bridgehead atoms. The highest BCUT2D eigenvalue weighted by atomic mass is 16.1. The molecule has 0 spiro atoms. The molecule has 2 unspecified atom stereocenters. The first kappa shape index (κ1) is 23.2. The van der Waals surface area contributed by atoms with Crippen molar-refractivity contribution in [3.8, 4) is 0 Å². The number of nitrogens with zero attached hydrogens (tertiary/aromatic N) is 6. The standard InChI is InChI=1S/C26H42N6O/c1-19(2)25(33)18-30-10-12-31(13-11-30)22-6-4-20(5-7-22)21-14-27-26(28-15-21)32-23-8-9-24(32)17-29(3)16-23/h14-15,19-20,22-24H,4-13,16-18H2,1-3H3/t20-,22+,23?,24?. The molecule has 0 radical (unpaired) electrons. The van der Waals surface area contributed by atoms with Crippen LogP contribution in [0.4, 0.5) is 5.95 Å². The van der Waals surface area contributed by atoms with Crippen molar-refractivity contribution in [1.29, 1.82) is 0 Å². The van der Waals surface area contributed by atoms with Gasteiger partial charge in [-0.25, -0.2) is 9.97 Å². The van der Waals surface area contributed by atoms with Crippen molar-refractivity contribution in [2.24, 2.45) is 5.92 Å². The molecule has 3 saturated heterocycles. The fourth-order valence-corrected chi connectivity index (χ4v) is 6.58. The molecule has 4 fully saturated rings.